The molecule has 7 N–H and O–H groups in total. The van der Waals surface area contributed by atoms with Gasteiger partial charge in [0.1, 0.15) is 30.6 Å². The molecule has 0 radical (unpaired) electrons. The Labute approximate surface area is 157 Å². The summed E-state index contributed by atoms with van der Waals surface area (Å²) in [6.07, 6.45) is -3.35. The molecule has 15 heteroatoms. The molecule has 7 atom stereocenters. The highest BCUT2D eigenvalue weighted by Crippen LogP contribution is 2.45. The minimum Gasteiger partial charge on any atom is -0.480 e. The summed E-state index contributed by atoms with van der Waals surface area (Å²) in [5, 5.41) is 42.4. The Balaban J connectivity index is 2.15. The van der Waals surface area contributed by atoms with Crippen molar-refractivity contribution in [3.05, 3.63) is 12.3 Å². The van der Waals surface area contributed by atoms with Gasteiger partial charge in [-0.1, -0.05) is 0 Å². The fourth-order valence-corrected chi connectivity index (χ4v) is 3.61. The molecule has 160 valence electrons. The summed E-state index contributed by atoms with van der Waals surface area (Å²) in [6.45, 7) is 0.617. The van der Waals surface area contributed by atoms with E-state index in [1.165, 1.54) is 0 Å². The SMILES string of the molecule is C[C@H](NP(=O)(O)OC[C@@]1(F)O[C@@H](N2C=CC(O)NC2=O)[C@](C)(O)[C@@H]1O)C(=O)O. The summed E-state index contributed by atoms with van der Waals surface area (Å²) in [5.41, 5.74) is -2.39. The van der Waals surface area contributed by atoms with Gasteiger partial charge in [-0.15, -0.1) is 0 Å². The summed E-state index contributed by atoms with van der Waals surface area (Å²) in [5.74, 6) is -4.71. The van der Waals surface area contributed by atoms with E-state index in [-0.39, 0.29) is 0 Å². The fourth-order valence-electron chi connectivity index (χ4n) is 2.58. The number of amides is 2. The average Bonchev–Trinajstić information content (AvgIpc) is 2.74. The number of carbonyl (C=O) groups is 2. The first-order valence-corrected chi connectivity index (χ1v) is 9.48. The van der Waals surface area contributed by atoms with Crippen LogP contribution in [-0.4, -0.2) is 84.9 Å². The van der Waals surface area contributed by atoms with Gasteiger partial charge >= 0.3 is 19.7 Å². The number of carboxylic acid groups (broad SMARTS) is 1. The number of carbonyl (C=O) groups excluding carboxylic acids is 1. The van der Waals surface area contributed by atoms with Crippen LogP contribution < -0.4 is 10.4 Å². The molecule has 28 heavy (non-hydrogen) atoms. The molecule has 0 bridgehead atoms. The number of alkyl halides is 1. The number of aliphatic carboxylic acids is 1. The summed E-state index contributed by atoms with van der Waals surface area (Å²) >= 11 is 0. The Morgan fingerprint density at radius 1 is 1.57 bits per heavy atom. The molecule has 0 aromatic heterocycles. The molecule has 0 aromatic rings. The minimum absolute atomic E-state index is 0.667. The molecule has 2 rings (SSSR count). The van der Waals surface area contributed by atoms with Crippen LogP contribution in [0.15, 0.2) is 12.3 Å². The molecule has 2 heterocycles. The third kappa shape index (κ3) is 4.50. The molecule has 0 spiro atoms. The lowest BCUT2D eigenvalue weighted by Gasteiger charge is -2.35. The number of aliphatic hydroxyl groups is 3. The summed E-state index contributed by atoms with van der Waals surface area (Å²) in [4.78, 5) is 32.9. The molecule has 13 nitrogen and oxygen atoms in total. The predicted molar refractivity (Wildman–Crippen MR) is 86.9 cm³/mol. The van der Waals surface area contributed by atoms with E-state index in [1.807, 2.05) is 0 Å². The molecule has 2 amide bonds. The second kappa shape index (κ2) is 7.65. The lowest BCUT2D eigenvalue weighted by Crippen LogP contribution is -2.57. The van der Waals surface area contributed by atoms with Crippen molar-refractivity contribution in [2.75, 3.05) is 6.61 Å². The van der Waals surface area contributed by atoms with Crippen LogP contribution in [0.2, 0.25) is 0 Å². The second-order valence-electron chi connectivity index (χ2n) is 6.51. The van der Waals surface area contributed by atoms with Crippen LogP contribution in [0.5, 0.6) is 0 Å². The molecule has 2 unspecified atom stereocenters. The van der Waals surface area contributed by atoms with Crippen molar-refractivity contribution in [2.24, 2.45) is 0 Å². The van der Waals surface area contributed by atoms with Crippen molar-refractivity contribution in [2.45, 2.75) is 49.9 Å². The third-order valence-corrected chi connectivity index (χ3v) is 5.31. The normalized spacial score (nSPS) is 38.8. The van der Waals surface area contributed by atoms with E-state index in [9.17, 15) is 34.4 Å². The van der Waals surface area contributed by atoms with Gasteiger partial charge in [-0.05, 0) is 19.9 Å². The number of aliphatic hydroxyl groups excluding tert-OH is 2. The average molecular weight is 429 g/mol. The van der Waals surface area contributed by atoms with Crippen molar-refractivity contribution in [1.29, 1.82) is 0 Å². The van der Waals surface area contributed by atoms with Gasteiger partial charge in [-0.3, -0.25) is 14.2 Å². The lowest BCUT2D eigenvalue weighted by molar-refractivity contribution is -0.205. The van der Waals surface area contributed by atoms with Crippen molar-refractivity contribution >= 4 is 19.7 Å². The number of nitrogens with one attached hydrogen (secondary N) is 2. The minimum atomic E-state index is -4.82. The van der Waals surface area contributed by atoms with E-state index in [4.69, 9.17) is 9.84 Å². The van der Waals surface area contributed by atoms with E-state index in [2.05, 4.69) is 9.84 Å². The fraction of sp³-hybridized carbons (Fsp3) is 0.692. The highest BCUT2D eigenvalue weighted by atomic mass is 31.2. The molecule has 0 aromatic carbocycles. The zero-order valence-corrected chi connectivity index (χ0v) is 15.6. The highest BCUT2D eigenvalue weighted by molar-refractivity contribution is 7.50. The van der Waals surface area contributed by atoms with Crippen LogP contribution >= 0.6 is 7.75 Å². The summed E-state index contributed by atoms with van der Waals surface area (Å²) in [6, 6.07) is -2.48. The molecular formula is C13H21FN3O10P. The molecule has 1 fully saturated rings. The number of rotatable bonds is 7. The molecule has 2 aliphatic heterocycles. The second-order valence-corrected chi connectivity index (χ2v) is 8.07. The predicted octanol–water partition coefficient (Wildman–Crippen LogP) is -1.84. The number of halogens is 1. The quantitative estimate of drug-likeness (QED) is 0.224. The van der Waals surface area contributed by atoms with Crippen LogP contribution in [-0.2, 0) is 18.6 Å². The molecule has 2 aliphatic rings. The largest absolute Gasteiger partial charge is 0.480 e. The van der Waals surface area contributed by atoms with Crippen molar-refractivity contribution < 1.29 is 53.1 Å². The van der Waals surface area contributed by atoms with Gasteiger partial charge in [0.05, 0.1) is 0 Å². The number of urea groups is 1. The Hall–Kier alpha value is -1.64. The Kier molecular flexibility index (Phi) is 6.19. The maximum Gasteiger partial charge on any atom is 0.403 e. The smallest absolute Gasteiger partial charge is 0.403 e. The maximum atomic E-state index is 15.1. The number of ether oxygens (including phenoxy) is 1. The van der Waals surface area contributed by atoms with Crippen LogP contribution in [0.3, 0.4) is 0 Å². The van der Waals surface area contributed by atoms with Crippen molar-refractivity contribution in [1.82, 2.24) is 15.3 Å². The first-order valence-electron chi connectivity index (χ1n) is 7.90. The molecule has 0 aliphatic carbocycles. The van der Waals surface area contributed by atoms with E-state index in [0.717, 1.165) is 26.1 Å². The monoisotopic (exact) mass is 429 g/mol. The van der Waals surface area contributed by atoms with Crippen LogP contribution in [0.1, 0.15) is 13.8 Å². The highest BCUT2D eigenvalue weighted by Gasteiger charge is 2.65. The van der Waals surface area contributed by atoms with Crippen molar-refractivity contribution in [3.63, 3.8) is 0 Å². The first-order chi connectivity index (χ1) is 12.7. The van der Waals surface area contributed by atoms with Gasteiger partial charge in [0.2, 0.25) is 0 Å². The van der Waals surface area contributed by atoms with Crippen LogP contribution in [0.25, 0.3) is 0 Å². The molecule has 0 saturated carbocycles. The zero-order chi connectivity index (χ0) is 21.5. The Morgan fingerprint density at radius 3 is 2.71 bits per heavy atom. The Morgan fingerprint density at radius 2 is 2.18 bits per heavy atom. The zero-order valence-electron chi connectivity index (χ0n) is 14.7. The van der Waals surface area contributed by atoms with Gasteiger partial charge in [-0.25, -0.2) is 18.8 Å². The van der Waals surface area contributed by atoms with E-state index in [0.29, 0.717) is 4.90 Å². The maximum absolute atomic E-state index is 15.1. The molecule has 1 saturated heterocycles. The van der Waals surface area contributed by atoms with Gasteiger partial charge in [0, 0.05) is 6.20 Å². The van der Waals surface area contributed by atoms with Crippen LogP contribution in [0, 0.1) is 0 Å². The first kappa shape index (κ1) is 22.6. The van der Waals surface area contributed by atoms with E-state index in [1.54, 1.807) is 5.09 Å². The van der Waals surface area contributed by atoms with Crippen LogP contribution in [0.4, 0.5) is 9.18 Å². The van der Waals surface area contributed by atoms with E-state index < -0.39 is 62.4 Å². The van der Waals surface area contributed by atoms with Gasteiger partial charge in [0.15, 0.2) is 6.23 Å². The summed E-state index contributed by atoms with van der Waals surface area (Å²) < 4.78 is 36.3. The standard InChI is InChI=1S/C13H21FN3O10P/c1-6(8(19)20)16-28(24,25)26-5-13(14)9(21)12(2,23)10(27-13)17-4-3-7(18)15-11(17)22/h3-4,6-7,9-10,18,21,23H,5H2,1-2H3,(H,15,22)(H,19,20)(H2,16,24,25)/t6-,7?,9-,10+,12+,13+/m0/s1. The van der Waals surface area contributed by atoms with Crippen molar-refractivity contribution in [3.8, 4) is 0 Å². The van der Waals surface area contributed by atoms with Gasteiger partial charge < -0.3 is 35.4 Å². The van der Waals surface area contributed by atoms with Gasteiger partial charge in [0.25, 0.3) is 5.85 Å². The summed E-state index contributed by atoms with van der Waals surface area (Å²) in [7, 11) is -4.82. The number of nitrogens with zero attached hydrogens (tertiary/aromatic N) is 1. The van der Waals surface area contributed by atoms with Gasteiger partial charge in [-0.2, -0.15) is 0 Å². The third-order valence-electron chi connectivity index (χ3n) is 4.12. The number of hydrogen-bond donors (Lipinski definition) is 7. The van der Waals surface area contributed by atoms with E-state index >= 15 is 4.39 Å². The lowest BCUT2D eigenvalue weighted by atomic mass is 9.95. The molecular weight excluding hydrogens is 408 g/mol. The number of hydrogen-bond acceptors (Lipinski definition) is 8. The Bertz CT molecular complexity index is 721. The topological polar surface area (TPSA) is 198 Å². The number of carboxylic acids is 1.